The second kappa shape index (κ2) is 10.5. The van der Waals surface area contributed by atoms with Crippen LogP contribution in [0.3, 0.4) is 0 Å². The van der Waals surface area contributed by atoms with Gasteiger partial charge in [0.1, 0.15) is 12.0 Å². The molecule has 2 aromatic heterocycles. The zero-order chi connectivity index (χ0) is 24.2. The van der Waals surface area contributed by atoms with Gasteiger partial charge >= 0.3 is 0 Å². The predicted molar refractivity (Wildman–Crippen MR) is 119 cm³/mol. The number of aliphatic hydroxyl groups excluding tert-OH is 1. The number of aliphatic hydroxyl groups is 1. The minimum atomic E-state index is -2.64. The first-order valence-electron chi connectivity index (χ1n) is 11.2. The lowest BCUT2D eigenvalue weighted by molar-refractivity contribution is -0.120. The second-order valence-electron chi connectivity index (χ2n) is 8.81. The number of carbonyl (C=O) groups excluding carboxylic acids is 1. The molecule has 3 heterocycles. The molecule has 2 aromatic rings. The molecule has 34 heavy (non-hydrogen) atoms. The van der Waals surface area contributed by atoms with Crippen molar-refractivity contribution in [3.8, 4) is 0 Å². The molecule has 1 aliphatic heterocycles. The molecular weight excluding hydrogens is 451 g/mol. The maximum atomic E-state index is 15.4. The fourth-order valence-corrected chi connectivity index (χ4v) is 4.18. The molecule has 1 saturated carbocycles. The Morgan fingerprint density at radius 2 is 2.06 bits per heavy atom. The van der Waals surface area contributed by atoms with E-state index in [0.29, 0.717) is 31.6 Å². The highest BCUT2D eigenvalue weighted by Gasteiger charge is 2.33. The van der Waals surface area contributed by atoms with Crippen LogP contribution in [0.4, 0.5) is 24.8 Å². The number of amides is 1. The average Bonchev–Trinajstić information content (AvgIpc) is 3.63. The Labute approximate surface area is 195 Å². The lowest BCUT2D eigenvalue weighted by atomic mass is 9.93. The minimum Gasteiger partial charge on any atom is -0.391 e. The standard InChI is InChI=1S/C22H28F3N7O2/c23-19-21(28-8-14-5-6-31(10-17(14)33)11-18(26)34)29-12-30-22(19)32(15-2-3-15)9-13-1-4-16(20(24)25)27-7-13/h1,4,7,12,14-15,17,20,33H,2-3,5-6,8-11H2,(H2,26,34)(H,28,29,30)/t14-,17+/m0/s1. The van der Waals surface area contributed by atoms with Gasteiger partial charge in [-0.05, 0) is 37.4 Å². The van der Waals surface area contributed by atoms with Gasteiger partial charge in [-0.25, -0.2) is 18.7 Å². The van der Waals surface area contributed by atoms with E-state index in [1.54, 1.807) is 15.9 Å². The van der Waals surface area contributed by atoms with E-state index in [-0.39, 0.29) is 42.4 Å². The number of pyridine rings is 1. The molecule has 1 amide bonds. The number of rotatable bonds is 10. The van der Waals surface area contributed by atoms with E-state index in [9.17, 15) is 18.7 Å². The van der Waals surface area contributed by atoms with Crippen molar-refractivity contribution in [2.24, 2.45) is 11.7 Å². The van der Waals surface area contributed by atoms with Gasteiger partial charge in [0.25, 0.3) is 6.43 Å². The Morgan fingerprint density at radius 1 is 1.26 bits per heavy atom. The summed E-state index contributed by atoms with van der Waals surface area (Å²) in [6.45, 7) is 1.61. The normalized spacial score (nSPS) is 21.0. The zero-order valence-corrected chi connectivity index (χ0v) is 18.6. The largest absolute Gasteiger partial charge is 0.391 e. The number of primary amides is 1. The molecule has 4 N–H and O–H groups in total. The van der Waals surface area contributed by atoms with Crippen molar-refractivity contribution >= 4 is 17.5 Å². The Balaban J connectivity index is 1.41. The van der Waals surface area contributed by atoms with Crippen molar-refractivity contribution in [3.63, 3.8) is 0 Å². The van der Waals surface area contributed by atoms with Crippen LogP contribution in [0.2, 0.25) is 0 Å². The monoisotopic (exact) mass is 479 g/mol. The van der Waals surface area contributed by atoms with Crippen molar-refractivity contribution in [1.29, 1.82) is 0 Å². The van der Waals surface area contributed by atoms with Crippen LogP contribution in [-0.4, -0.2) is 69.2 Å². The fraction of sp³-hybridized carbons (Fsp3) is 0.545. The molecule has 0 spiro atoms. The predicted octanol–water partition coefficient (Wildman–Crippen LogP) is 1.70. The van der Waals surface area contributed by atoms with Crippen molar-refractivity contribution in [1.82, 2.24) is 19.9 Å². The van der Waals surface area contributed by atoms with E-state index in [1.165, 1.54) is 18.6 Å². The van der Waals surface area contributed by atoms with Crippen molar-refractivity contribution in [2.45, 2.75) is 44.4 Å². The minimum absolute atomic E-state index is 0.0357. The third kappa shape index (κ3) is 5.92. The molecule has 0 radical (unpaired) electrons. The number of β-amino-alcohol motifs (C(OH)–C–C–N with tert-alkyl or cyclic N) is 1. The van der Waals surface area contributed by atoms with Crippen LogP contribution in [0.25, 0.3) is 0 Å². The summed E-state index contributed by atoms with van der Waals surface area (Å²) >= 11 is 0. The third-order valence-electron chi connectivity index (χ3n) is 6.17. The number of likely N-dealkylation sites (tertiary alicyclic amines) is 1. The van der Waals surface area contributed by atoms with Crippen LogP contribution >= 0.6 is 0 Å². The summed E-state index contributed by atoms with van der Waals surface area (Å²) in [6, 6.07) is 2.94. The van der Waals surface area contributed by atoms with E-state index >= 15 is 4.39 Å². The number of alkyl halides is 2. The summed E-state index contributed by atoms with van der Waals surface area (Å²) in [6.07, 6.45) is 1.71. The van der Waals surface area contributed by atoms with E-state index in [1.807, 2.05) is 0 Å². The Hall–Kier alpha value is -2.99. The van der Waals surface area contributed by atoms with Crippen molar-refractivity contribution in [3.05, 3.63) is 41.7 Å². The van der Waals surface area contributed by atoms with Crippen LogP contribution < -0.4 is 16.0 Å². The summed E-state index contributed by atoms with van der Waals surface area (Å²) in [7, 11) is 0. The zero-order valence-electron chi connectivity index (χ0n) is 18.6. The number of hydrogen-bond donors (Lipinski definition) is 3. The molecule has 9 nitrogen and oxygen atoms in total. The lowest BCUT2D eigenvalue weighted by Gasteiger charge is -2.35. The molecule has 2 fully saturated rings. The molecule has 12 heteroatoms. The summed E-state index contributed by atoms with van der Waals surface area (Å²) in [5.41, 5.74) is 5.59. The maximum Gasteiger partial charge on any atom is 0.280 e. The molecule has 1 saturated heterocycles. The Morgan fingerprint density at radius 3 is 2.68 bits per heavy atom. The first kappa shape index (κ1) is 24.1. The number of piperidine rings is 1. The van der Waals surface area contributed by atoms with Crippen molar-refractivity contribution in [2.75, 3.05) is 36.4 Å². The van der Waals surface area contributed by atoms with E-state index in [2.05, 4.69) is 20.3 Å². The van der Waals surface area contributed by atoms with E-state index in [0.717, 1.165) is 12.8 Å². The van der Waals surface area contributed by atoms with Gasteiger partial charge in [0.2, 0.25) is 11.7 Å². The van der Waals surface area contributed by atoms with Gasteiger partial charge in [-0.1, -0.05) is 6.07 Å². The summed E-state index contributed by atoms with van der Waals surface area (Å²) in [5, 5.41) is 13.4. The molecule has 4 rings (SSSR count). The average molecular weight is 480 g/mol. The number of carbonyl (C=O) groups is 1. The highest BCUT2D eigenvalue weighted by molar-refractivity contribution is 5.75. The quantitative estimate of drug-likeness (QED) is 0.471. The first-order chi connectivity index (χ1) is 16.3. The number of aromatic nitrogens is 3. The number of anilines is 2. The molecule has 0 aromatic carbocycles. The lowest BCUT2D eigenvalue weighted by Crippen LogP contribution is -2.48. The second-order valence-corrected chi connectivity index (χ2v) is 8.81. The molecule has 0 unspecified atom stereocenters. The van der Waals surface area contributed by atoms with Gasteiger partial charge in [-0.2, -0.15) is 4.39 Å². The fourth-order valence-electron chi connectivity index (χ4n) is 4.18. The Kier molecular flexibility index (Phi) is 7.47. The summed E-state index contributed by atoms with van der Waals surface area (Å²) in [4.78, 5) is 26.7. The van der Waals surface area contributed by atoms with Gasteiger partial charge in [0.15, 0.2) is 11.6 Å². The highest BCUT2D eigenvalue weighted by atomic mass is 19.3. The van der Waals surface area contributed by atoms with Gasteiger partial charge in [-0.3, -0.25) is 14.7 Å². The van der Waals surface area contributed by atoms with Crippen LogP contribution in [0.5, 0.6) is 0 Å². The smallest absolute Gasteiger partial charge is 0.280 e. The first-order valence-corrected chi connectivity index (χ1v) is 11.2. The van der Waals surface area contributed by atoms with E-state index < -0.39 is 24.3 Å². The third-order valence-corrected chi connectivity index (χ3v) is 6.17. The van der Waals surface area contributed by atoms with Crippen LogP contribution in [0.15, 0.2) is 24.7 Å². The summed E-state index contributed by atoms with van der Waals surface area (Å²) in [5.74, 6) is -1.02. The van der Waals surface area contributed by atoms with Gasteiger partial charge in [-0.15, -0.1) is 0 Å². The number of halogens is 3. The molecule has 2 atom stereocenters. The Bertz CT molecular complexity index is 991. The number of hydrogen-bond acceptors (Lipinski definition) is 8. The molecular formula is C22H28F3N7O2. The number of nitrogens with zero attached hydrogens (tertiary/aromatic N) is 5. The van der Waals surface area contributed by atoms with Gasteiger partial charge in [0.05, 0.1) is 12.6 Å². The molecule has 2 aliphatic rings. The number of nitrogens with two attached hydrogens (primary N) is 1. The van der Waals surface area contributed by atoms with Crippen LogP contribution in [0, 0.1) is 11.7 Å². The van der Waals surface area contributed by atoms with Crippen molar-refractivity contribution < 1.29 is 23.1 Å². The highest BCUT2D eigenvalue weighted by Crippen LogP contribution is 2.34. The maximum absolute atomic E-state index is 15.4. The van der Waals surface area contributed by atoms with Gasteiger partial charge in [0, 0.05) is 37.8 Å². The topological polar surface area (TPSA) is 120 Å². The van der Waals surface area contributed by atoms with E-state index in [4.69, 9.17) is 5.73 Å². The van der Waals surface area contributed by atoms with Crippen LogP contribution in [-0.2, 0) is 11.3 Å². The van der Waals surface area contributed by atoms with Crippen LogP contribution in [0.1, 0.15) is 36.9 Å². The molecule has 1 aliphatic carbocycles. The van der Waals surface area contributed by atoms with Gasteiger partial charge < -0.3 is 21.1 Å². The summed E-state index contributed by atoms with van der Waals surface area (Å²) < 4.78 is 40.9. The SMILES string of the molecule is NC(=O)CN1CC[C@@H](CNc2ncnc(N(Cc3ccc(C(F)F)nc3)C3CC3)c2F)[C@H](O)C1. The number of nitrogens with one attached hydrogen (secondary N) is 1. The molecule has 0 bridgehead atoms. The molecule has 184 valence electrons.